The average molecular weight is 258 g/mol. The van der Waals surface area contributed by atoms with Gasteiger partial charge in [-0.15, -0.1) is 0 Å². The molecule has 2 N–H and O–H groups in total. The Bertz CT molecular complexity index is 308. The monoisotopic (exact) mass is 258 g/mol. The Labute approximate surface area is 107 Å². The predicted octanol–water partition coefficient (Wildman–Crippen LogP) is 0.773. The van der Waals surface area contributed by atoms with Crippen LogP contribution in [0.25, 0.3) is 0 Å². The molecule has 0 aromatic heterocycles. The van der Waals surface area contributed by atoms with Crippen molar-refractivity contribution in [2.24, 2.45) is 11.8 Å². The van der Waals surface area contributed by atoms with E-state index in [9.17, 15) is 9.59 Å². The maximum atomic E-state index is 12.0. The molecule has 0 bridgehead atoms. The third kappa shape index (κ3) is 3.60. The van der Waals surface area contributed by atoms with Crippen LogP contribution in [0.15, 0.2) is 0 Å². The lowest BCUT2D eigenvalue weighted by atomic mass is 9.99. The zero-order chi connectivity index (χ0) is 13.7. The van der Waals surface area contributed by atoms with Crippen LogP contribution in [-0.4, -0.2) is 54.9 Å². The van der Waals surface area contributed by atoms with E-state index < -0.39 is 11.9 Å². The van der Waals surface area contributed by atoms with E-state index in [1.165, 1.54) is 0 Å². The van der Waals surface area contributed by atoms with Gasteiger partial charge in [-0.2, -0.15) is 0 Å². The van der Waals surface area contributed by atoms with Crippen molar-refractivity contribution in [3.63, 3.8) is 0 Å². The normalized spacial score (nSPS) is 24.9. The third-order valence-electron chi connectivity index (χ3n) is 3.41. The maximum absolute atomic E-state index is 12.0. The third-order valence-corrected chi connectivity index (χ3v) is 3.41. The molecular weight excluding hydrogens is 236 g/mol. The number of rotatable bonds is 5. The number of urea groups is 1. The van der Waals surface area contributed by atoms with E-state index >= 15 is 0 Å². The molecule has 1 fully saturated rings. The lowest BCUT2D eigenvalue weighted by Crippen LogP contribution is -2.45. The fraction of sp³-hybridized carbons (Fsp3) is 0.833. The molecule has 3 atom stereocenters. The van der Waals surface area contributed by atoms with Gasteiger partial charge in [-0.05, 0) is 12.3 Å². The Morgan fingerprint density at radius 3 is 2.61 bits per heavy atom. The number of carbonyl (C=O) groups excluding carboxylic acids is 1. The van der Waals surface area contributed by atoms with Crippen molar-refractivity contribution < 1.29 is 19.4 Å². The second-order valence-corrected chi connectivity index (χ2v) is 4.84. The number of ether oxygens (including phenoxy) is 1. The molecule has 1 aliphatic heterocycles. The van der Waals surface area contributed by atoms with Crippen molar-refractivity contribution >= 4 is 12.0 Å². The number of hydrogen-bond donors (Lipinski definition) is 2. The van der Waals surface area contributed by atoms with Crippen LogP contribution >= 0.6 is 0 Å². The van der Waals surface area contributed by atoms with E-state index in [0.29, 0.717) is 13.2 Å². The summed E-state index contributed by atoms with van der Waals surface area (Å²) in [4.78, 5) is 24.5. The zero-order valence-electron chi connectivity index (χ0n) is 11.2. The summed E-state index contributed by atoms with van der Waals surface area (Å²) < 4.78 is 5.01. The number of nitrogens with zero attached hydrogens (tertiary/aromatic N) is 1. The SMILES string of the molecule is CCC(COC)NC(=O)N1CC(C)C(C(=O)O)C1. The minimum atomic E-state index is -0.832. The summed E-state index contributed by atoms with van der Waals surface area (Å²) in [5.41, 5.74) is 0. The highest BCUT2D eigenvalue weighted by atomic mass is 16.5. The van der Waals surface area contributed by atoms with Crippen molar-refractivity contribution in [3.05, 3.63) is 0 Å². The molecular formula is C12H22N2O4. The topological polar surface area (TPSA) is 78.9 Å². The number of likely N-dealkylation sites (tertiary alicyclic amines) is 1. The molecule has 0 radical (unpaired) electrons. The number of carboxylic acid groups (broad SMARTS) is 1. The second-order valence-electron chi connectivity index (χ2n) is 4.84. The second kappa shape index (κ2) is 6.58. The molecule has 0 spiro atoms. The van der Waals surface area contributed by atoms with E-state index in [0.717, 1.165) is 6.42 Å². The lowest BCUT2D eigenvalue weighted by Gasteiger charge is -2.22. The van der Waals surface area contributed by atoms with Crippen LogP contribution in [0, 0.1) is 11.8 Å². The largest absolute Gasteiger partial charge is 0.481 e. The van der Waals surface area contributed by atoms with E-state index in [1.54, 1.807) is 12.0 Å². The molecule has 0 saturated carbocycles. The Hall–Kier alpha value is -1.30. The Balaban J connectivity index is 2.51. The number of amides is 2. The molecule has 1 heterocycles. The standard InChI is InChI=1S/C12H22N2O4/c1-4-9(7-18-3)13-12(17)14-5-8(2)10(6-14)11(15)16/h8-10H,4-7H2,1-3H3,(H,13,17)(H,15,16). The van der Waals surface area contributed by atoms with E-state index in [-0.39, 0.29) is 24.5 Å². The van der Waals surface area contributed by atoms with Crippen LogP contribution in [-0.2, 0) is 9.53 Å². The molecule has 104 valence electrons. The number of hydrogen-bond acceptors (Lipinski definition) is 3. The first-order chi connectivity index (χ1) is 8.49. The first kappa shape index (κ1) is 14.8. The van der Waals surface area contributed by atoms with Crippen LogP contribution in [0.1, 0.15) is 20.3 Å². The zero-order valence-corrected chi connectivity index (χ0v) is 11.2. The van der Waals surface area contributed by atoms with Crippen molar-refractivity contribution in [3.8, 4) is 0 Å². The summed E-state index contributed by atoms with van der Waals surface area (Å²) in [6.07, 6.45) is 0.783. The van der Waals surface area contributed by atoms with Crippen LogP contribution in [0.5, 0.6) is 0 Å². The summed E-state index contributed by atoms with van der Waals surface area (Å²) in [5, 5.41) is 11.9. The van der Waals surface area contributed by atoms with Gasteiger partial charge in [-0.3, -0.25) is 4.79 Å². The fourth-order valence-corrected chi connectivity index (χ4v) is 2.18. The summed E-state index contributed by atoms with van der Waals surface area (Å²) in [7, 11) is 1.59. The molecule has 1 aliphatic rings. The molecule has 1 saturated heterocycles. The minimum absolute atomic E-state index is 0.00393. The molecule has 1 rings (SSSR count). The quantitative estimate of drug-likeness (QED) is 0.763. The van der Waals surface area contributed by atoms with Crippen molar-refractivity contribution in [2.75, 3.05) is 26.8 Å². The van der Waals surface area contributed by atoms with Crippen LogP contribution in [0.4, 0.5) is 4.79 Å². The van der Waals surface area contributed by atoms with Gasteiger partial charge in [0.15, 0.2) is 0 Å². The lowest BCUT2D eigenvalue weighted by molar-refractivity contribution is -0.142. The van der Waals surface area contributed by atoms with E-state index in [1.807, 2.05) is 13.8 Å². The van der Waals surface area contributed by atoms with Gasteiger partial charge in [0.2, 0.25) is 0 Å². The van der Waals surface area contributed by atoms with Gasteiger partial charge in [0.05, 0.1) is 18.6 Å². The van der Waals surface area contributed by atoms with E-state index in [4.69, 9.17) is 9.84 Å². The van der Waals surface area contributed by atoms with Crippen molar-refractivity contribution in [2.45, 2.75) is 26.3 Å². The summed E-state index contributed by atoms with van der Waals surface area (Å²) >= 11 is 0. The minimum Gasteiger partial charge on any atom is -0.481 e. The predicted molar refractivity (Wildman–Crippen MR) is 66.3 cm³/mol. The van der Waals surface area contributed by atoms with Gasteiger partial charge >= 0.3 is 12.0 Å². The maximum Gasteiger partial charge on any atom is 0.317 e. The van der Waals surface area contributed by atoms with Gasteiger partial charge in [0.1, 0.15) is 0 Å². The Morgan fingerprint density at radius 1 is 1.50 bits per heavy atom. The molecule has 6 nitrogen and oxygen atoms in total. The highest BCUT2D eigenvalue weighted by Crippen LogP contribution is 2.23. The van der Waals surface area contributed by atoms with Gasteiger partial charge in [0.25, 0.3) is 0 Å². The van der Waals surface area contributed by atoms with Crippen LogP contribution < -0.4 is 5.32 Å². The summed E-state index contributed by atoms with van der Waals surface area (Å²) in [6.45, 7) is 5.07. The van der Waals surface area contributed by atoms with Crippen molar-refractivity contribution in [1.82, 2.24) is 10.2 Å². The first-order valence-electron chi connectivity index (χ1n) is 6.26. The van der Waals surface area contributed by atoms with Crippen LogP contribution in [0.3, 0.4) is 0 Å². The highest BCUT2D eigenvalue weighted by Gasteiger charge is 2.37. The summed E-state index contributed by atoms with van der Waals surface area (Å²) in [5.74, 6) is -1.30. The molecule has 0 aromatic rings. The highest BCUT2D eigenvalue weighted by molar-refractivity contribution is 5.77. The van der Waals surface area contributed by atoms with Crippen molar-refractivity contribution in [1.29, 1.82) is 0 Å². The fourth-order valence-electron chi connectivity index (χ4n) is 2.18. The summed E-state index contributed by atoms with van der Waals surface area (Å²) in [6, 6.07) is -0.226. The number of nitrogens with one attached hydrogen (secondary N) is 1. The van der Waals surface area contributed by atoms with Gasteiger partial charge in [-0.1, -0.05) is 13.8 Å². The molecule has 3 unspecified atom stereocenters. The van der Waals surface area contributed by atoms with Crippen LogP contribution in [0.2, 0.25) is 0 Å². The number of carboxylic acids is 1. The average Bonchev–Trinajstić information content (AvgIpc) is 2.70. The number of carbonyl (C=O) groups is 2. The number of methoxy groups -OCH3 is 1. The molecule has 2 amide bonds. The molecule has 6 heteroatoms. The first-order valence-corrected chi connectivity index (χ1v) is 6.26. The van der Waals surface area contributed by atoms with Gasteiger partial charge < -0.3 is 20.1 Å². The smallest absolute Gasteiger partial charge is 0.317 e. The molecule has 18 heavy (non-hydrogen) atoms. The molecule has 0 aromatic carbocycles. The van der Waals surface area contributed by atoms with Gasteiger partial charge in [0, 0.05) is 20.2 Å². The Morgan fingerprint density at radius 2 is 2.17 bits per heavy atom. The number of aliphatic carboxylic acids is 1. The van der Waals surface area contributed by atoms with E-state index in [2.05, 4.69) is 5.32 Å². The Kier molecular flexibility index (Phi) is 5.40. The van der Waals surface area contributed by atoms with Gasteiger partial charge in [-0.25, -0.2) is 4.79 Å². The molecule has 0 aliphatic carbocycles.